The summed E-state index contributed by atoms with van der Waals surface area (Å²) < 4.78 is 7.48. The van der Waals surface area contributed by atoms with E-state index in [2.05, 4.69) is 10.2 Å². The number of hydrogen-bond donors (Lipinski definition) is 0. The van der Waals surface area contributed by atoms with E-state index in [1.807, 2.05) is 48.7 Å². The maximum Gasteiger partial charge on any atom is 0.254 e. The highest BCUT2D eigenvalue weighted by molar-refractivity contribution is 7.99. The molecule has 0 N–H and O–H groups in total. The molecular weight excluding hydrogens is 545 g/mol. The van der Waals surface area contributed by atoms with Gasteiger partial charge in [0.2, 0.25) is 11.7 Å². The number of hydrogen-bond acceptors (Lipinski definition) is 6. The number of thioether (sulfide) groups is 1. The standard InChI is InChI=1S/C27H25Cl2N5O3S/c1-17-5-3-6-22(11-17)34-25(23-7-4-10-37-23)30-31-27(34)38-16-24(35)32-8-9-33(18(2)15-32)26(36)19-12-20(28)14-21(29)13-19/h3-7,10-14,18H,8-9,15-16H2,1-2H3. The Morgan fingerprint density at radius 1 is 1.05 bits per heavy atom. The van der Waals surface area contributed by atoms with Gasteiger partial charge in [0.25, 0.3) is 5.91 Å². The first-order valence-corrected chi connectivity index (χ1v) is 13.8. The molecule has 5 rings (SSSR count). The number of nitrogens with zero attached hydrogens (tertiary/aromatic N) is 5. The molecule has 2 aromatic heterocycles. The topological polar surface area (TPSA) is 84.5 Å². The third-order valence-electron chi connectivity index (χ3n) is 6.31. The zero-order chi connectivity index (χ0) is 26.8. The van der Waals surface area contributed by atoms with Gasteiger partial charge in [-0.3, -0.25) is 14.2 Å². The van der Waals surface area contributed by atoms with E-state index in [1.54, 1.807) is 40.3 Å². The van der Waals surface area contributed by atoms with Gasteiger partial charge >= 0.3 is 0 Å². The lowest BCUT2D eigenvalue weighted by Gasteiger charge is -2.40. The number of halogens is 2. The average molecular weight is 571 g/mol. The number of furan rings is 1. The minimum absolute atomic E-state index is 0.0295. The van der Waals surface area contributed by atoms with Gasteiger partial charge in [0.05, 0.1) is 17.7 Å². The molecule has 4 aromatic rings. The van der Waals surface area contributed by atoms with E-state index in [1.165, 1.54) is 11.8 Å². The summed E-state index contributed by atoms with van der Waals surface area (Å²) in [5.74, 6) is 1.16. The molecule has 2 amide bonds. The zero-order valence-electron chi connectivity index (χ0n) is 20.8. The van der Waals surface area contributed by atoms with Crippen molar-refractivity contribution in [1.82, 2.24) is 24.6 Å². The minimum Gasteiger partial charge on any atom is -0.461 e. The number of benzene rings is 2. The SMILES string of the molecule is Cc1cccc(-n2c(SCC(=O)N3CCN(C(=O)c4cc(Cl)cc(Cl)c4)C(C)C3)nnc2-c2ccco2)c1. The highest BCUT2D eigenvalue weighted by Crippen LogP contribution is 2.29. The largest absolute Gasteiger partial charge is 0.461 e. The lowest BCUT2D eigenvalue weighted by molar-refractivity contribution is -0.130. The second-order valence-electron chi connectivity index (χ2n) is 9.09. The summed E-state index contributed by atoms with van der Waals surface area (Å²) in [6.07, 6.45) is 1.59. The van der Waals surface area contributed by atoms with Crippen LogP contribution in [0.1, 0.15) is 22.8 Å². The Hall–Kier alpha value is -3.27. The van der Waals surface area contributed by atoms with Gasteiger partial charge in [-0.25, -0.2) is 0 Å². The molecule has 3 heterocycles. The third kappa shape index (κ3) is 5.60. The molecule has 1 aliphatic rings. The number of piperazine rings is 1. The molecule has 1 saturated heterocycles. The Labute approximate surface area is 234 Å². The van der Waals surface area contributed by atoms with E-state index < -0.39 is 0 Å². The molecule has 8 nitrogen and oxygen atoms in total. The van der Waals surface area contributed by atoms with Crippen LogP contribution in [0.25, 0.3) is 17.3 Å². The molecule has 2 aromatic carbocycles. The maximum absolute atomic E-state index is 13.2. The van der Waals surface area contributed by atoms with Gasteiger partial charge in [-0.2, -0.15) is 0 Å². The Balaban J connectivity index is 1.27. The van der Waals surface area contributed by atoms with Gasteiger partial charge < -0.3 is 14.2 Å². The van der Waals surface area contributed by atoms with Crippen molar-refractivity contribution < 1.29 is 14.0 Å². The average Bonchev–Trinajstić information content (AvgIpc) is 3.56. The van der Waals surface area contributed by atoms with Gasteiger partial charge in [0.15, 0.2) is 10.9 Å². The lowest BCUT2D eigenvalue weighted by Crippen LogP contribution is -2.55. The van der Waals surface area contributed by atoms with Crippen molar-refractivity contribution in [2.75, 3.05) is 25.4 Å². The third-order valence-corrected chi connectivity index (χ3v) is 7.66. The number of aryl methyl sites for hydroxylation is 1. The first-order chi connectivity index (χ1) is 18.3. The molecule has 38 heavy (non-hydrogen) atoms. The van der Waals surface area contributed by atoms with E-state index in [4.69, 9.17) is 27.6 Å². The first kappa shape index (κ1) is 26.3. The molecular formula is C27H25Cl2N5O3S. The fourth-order valence-corrected chi connectivity index (χ4v) is 5.86. The second-order valence-corrected chi connectivity index (χ2v) is 10.9. The summed E-state index contributed by atoms with van der Waals surface area (Å²) in [6.45, 7) is 5.24. The van der Waals surface area contributed by atoms with Crippen LogP contribution in [0.15, 0.2) is 70.4 Å². The van der Waals surface area contributed by atoms with Crippen molar-refractivity contribution in [2.24, 2.45) is 0 Å². The molecule has 1 fully saturated rings. The van der Waals surface area contributed by atoms with Gasteiger partial charge in [-0.05, 0) is 61.9 Å². The Kier molecular flexibility index (Phi) is 7.78. The summed E-state index contributed by atoms with van der Waals surface area (Å²) in [6, 6.07) is 16.3. The molecule has 196 valence electrons. The van der Waals surface area contributed by atoms with Gasteiger partial charge in [0.1, 0.15) is 0 Å². The minimum atomic E-state index is -0.163. The van der Waals surface area contributed by atoms with E-state index in [0.717, 1.165) is 11.3 Å². The Morgan fingerprint density at radius 3 is 2.53 bits per heavy atom. The summed E-state index contributed by atoms with van der Waals surface area (Å²) >= 11 is 13.5. The molecule has 1 unspecified atom stereocenters. The normalized spacial score (nSPS) is 15.6. The molecule has 0 spiro atoms. The van der Waals surface area contributed by atoms with Gasteiger partial charge in [-0.15, -0.1) is 10.2 Å². The van der Waals surface area contributed by atoms with Gasteiger partial charge in [0, 0.05) is 41.3 Å². The van der Waals surface area contributed by atoms with Crippen molar-refractivity contribution in [1.29, 1.82) is 0 Å². The fourth-order valence-electron chi connectivity index (χ4n) is 4.48. The fraction of sp³-hybridized carbons (Fsp3) is 0.259. The summed E-state index contributed by atoms with van der Waals surface area (Å²) in [5, 5.41) is 10.1. The van der Waals surface area contributed by atoms with Crippen LogP contribution < -0.4 is 0 Å². The zero-order valence-corrected chi connectivity index (χ0v) is 23.1. The molecule has 0 saturated carbocycles. The van der Waals surface area contributed by atoms with Crippen LogP contribution in [-0.2, 0) is 4.79 Å². The van der Waals surface area contributed by atoms with Crippen molar-refractivity contribution in [3.63, 3.8) is 0 Å². The van der Waals surface area contributed by atoms with Crippen LogP contribution in [0.4, 0.5) is 0 Å². The Morgan fingerprint density at radius 2 is 1.84 bits per heavy atom. The molecule has 0 aliphatic carbocycles. The first-order valence-electron chi connectivity index (χ1n) is 12.0. The van der Waals surface area contributed by atoms with E-state index in [0.29, 0.717) is 52.0 Å². The van der Waals surface area contributed by atoms with E-state index in [-0.39, 0.29) is 23.6 Å². The molecule has 1 atom stereocenters. The highest BCUT2D eigenvalue weighted by atomic mass is 35.5. The van der Waals surface area contributed by atoms with Crippen LogP contribution in [0.3, 0.4) is 0 Å². The van der Waals surface area contributed by atoms with Crippen LogP contribution >= 0.6 is 35.0 Å². The van der Waals surface area contributed by atoms with Crippen LogP contribution in [0, 0.1) is 6.92 Å². The van der Waals surface area contributed by atoms with E-state index in [9.17, 15) is 9.59 Å². The monoisotopic (exact) mass is 569 g/mol. The second kappa shape index (κ2) is 11.2. The summed E-state index contributed by atoms with van der Waals surface area (Å²) in [7, 11) is 0. The number of amides is 2. The van der Waals surface area contributed by atoms with Crippen molar-refractivity contribution in [3.8, 4) is 17.3 Å². The molecule has 0 radical (unpaired) electrons. The lowest BCUT2D eigenvalue weighted by atomic mass is 10.1. The molecule has 11 heteroatoms. The number of aromatic nitrogens is 3. The highest BCUT2D eigenvalue weighted by Gasteiger charge is 2.31. The van der Waals surface area contributed by atoms with E-state index >= 15 is 0 Å². The Bertz CT molecular complexity index is 1450. The predicted octanol–water partition coefficient (Wildman–Crippen LogP) is 5.61. The van der Waals surface area contributed by atoms with Crippen LogP contribution in [0.2, 0.25) is 10.0 Å². The van der Waals surface area contributed by atoms with Crippen LogP contribution in [0.5, 0.6) is 0 Å². The predicted molar refractivity (Wildman–Crippen MR) is 148 cm³/mol. The summed E-state index contributed by atoms with van der Waals surface area (Å²) in [4.78, 5) is 29.8. The van der Waals surface area contributed by atoms with Crippen molar-refractivity contribution >= 4 is 46.8 Å². The number of carbonyl (C=O) groups excluding carboxylic acids is 2. The summed E-state index contributed by atoms with van der Waals surface area (Å²) in [5.41, 5.74) is 2.42. The van der Waals surface area contributed by atoms with Crippen molar-refractivity contribution in [3.05, 3.63) is 82.0 Å². The quantitative estimate of drug-likeness (QED) is 0.281. The number of rotatable bonds is 6. The maximum atomic E-state index is 13.2. The molecule has 0 bridgehead atoms. The molecule has 1 aliphatic heterocycles. The smallest absolute Gasteiger partial charge is 0.254 e. The van der Waals surface area contributed by atoms with Gasteiger partial charge in [-0.1, -0.05) is 47.1 Å². The van der Waals surface area contributed by atoms with Crippen molar-refractivity contribution in [2.45, 2.75) is 25.0 Å². The number of carbonyl (C=O) groups is 2. The van der Waals surface area contributed by atoms with Crippen LogP contribution in [-0.4, -0.2) is 67.8 Å².